The van der Waals surface area contributed by atoms with Crippen molar-refractivity contribution in [2.75, 3.05) is 6.54 Å². The Morgan fingerprint density at radius 1 is 1.10 bits per heavy atom. The summed E-state index contributed by atoms with van der Waals surface area (Å²) in [5.74, 6) is -0.195. The summed E-state index contributed by atoms with van der Waals surface area (Å²) in [6.45, 7) is 4.37. The first kappa shape index (κ1) is 21.5. The average Bonchev–Trinajstić information content (AvgIpc) is 3.11. The molecular weight excluding hydrogens is 405 g/mol. The molecule has 0 radical (unpaired) electrons. The standard InChI is InChI=1S/C21H22FN5O2S/c1-3-23-20(29)24-19(28)14(2)30-21-26-25-18(16-9-11-17(22)12-10-16)27(21)13-15-7-5-4-6-8-15/h4-12,14H,3,13H2,1-2H3,(H2,23,24,28,29). The van der Waals surface area contributed by atoms with Gasteiger partial charge in [-0.3, -0.25) is 14.7 Å². The van der Waals surface area contributed by atoms with E-state index >= 15 is 0 Å². The third-order valence-corrected chi connectivity index (χ3v) is 5.31. The Balaban J connectivity index is 1.87. The summed E-state index contributed by atoms with van der Waals surface area (Å²) >= 11 is 1.20. The fraction of sp³-hybridized carbons (Fsp3) is 0.238. The minimum absolute atomic E-state index is 0.335. The van der Waals surface area contributed by atoms with Gasteiger partial charge in [0.2, 0.25) is 5.91 Å². The number of imide groups is 1. The maximum Gasteiger partial charge on any atom is 0.321 e. The summed E-state index contributed by atoms with van der Waals surface area (Å²) < 4.78 is 15.2. The largest absolute Gasteiger partial charge is 0.338 e. The first-order valence-electron chi connectivity index (χ1n) is 9.46. The van der Waals surface area contributed by atoms with Gasteiger partial charge in [-0.2, -0.15) is 0 Å². The van der Waals surface area contributed by atoms with Gasteiger partial charge in [0.05, 0.1) is 11.8 Å². The van der Waals surface area contributed by atoms with Crippen molar-refractivity contribution in [1.29, 1.82) is 0 Å². The molecule has 0 saturated carbocycles. The predicted molar refractivity (Wildman–Crippen MR) is 113 cm³/mol. The highest BCUT2D eigenvalue weighted by molar-refractivity contribution is 8.00. The maximum absolute atomic E-state index is 13.4. The maximum atomic E-state index is 13.4. The Bertz CT molecular complexity index is 1010. The van der Waals surface area contributed by atoms with Crippen LogP contribution in [-0.2, 0) is 11.3 Å². The second-order valence-corrected chi connectivity index (χ2v) is 7.80. The Morgan fingerprint density at radius 3 is 2.47 bits per heavy atom. The number of thioether (sulfide) groups is 1. The lowest BCUT2D eigenvalue weighted by Crippen LogP contribution is -2.42. The molecule has 9 heteroatoms. The molecule has 3 amide bonds. The van der Waals surface area contributed by atoms with E-state index in [4.69, 9.17) is 0 Å². The lowest BCUT2D eigenvalue weighted by molar-refractivity contribution is -0.119. The van der Waals surface area contributed by atoms with Crippen LogP contribution < -0.4 is 10.6 Å². The van der Waals surface area contributed by atoms with Crippen molar-refractivity contribution >= 4 is 23.7 Å². The number of hydrogen-bond donors (Lipinski definition) is 2. The van der Waals surface area contributed by atoms with Crippen molar-refractivity contribution in [3.63, 3.8) is 0 Å². The number of amides is 3. The molecule has 0 aliphatic heterocycles. The molecule has 1 unspecified atom stereocenters. The van der Waals surface area contributed by atoms with Crippen molar-refractivity contribution < 1.29 is 14.0 Å². The molecule has 1 heterocycles. The second-order valence-electron chi connectivity index (χ2n) is 6.49. The van der Waals surface area contributed by atoms with E-state index < -0.39 is 17.2 Å². The molecular formula is C21H22FN5O2S. The molecule has 1 aromatic heterocycles. The summed E-state index contributed by atoms with van der Waals surface area (Å²) in [4.78, 5) is 23.9. The Morgan fingerprint density at radius 2 is 1.80 bits per heavy atom. The lowest BCUT2D eigenvalue weighted by Gasteiger charge is -2.14. The van der Waals surface area contributed by atoms with Gasteiger partial charge in [-0.05, 0) is 43.7 Å². The van der Waals surface area contributed by atoms with Gasteiger partial charge in [0.15, 0.2) is 11.0 Å². The van der Waals surface area contributed by atoms with E-state index in [2.05, 4.69) is 20.8 Å². The predicted octanol–water partition coefficient (Wildman–Crippen LogP) is 3.46. The highest BCUT2D eigenvalue weighted by Crippen LogP contribution is 2.28. The Labute approximate surface area is 178 Å². The summed E-state index contributed by atoms with van der Waals surface area (Å²) in [6, 6.07) is 15.2. The number of carbonyl (C=O) groups excluding carboxylic acids is 2. The zero-order valence-corrected chi connectivity index (χ0v) is 17.4. The van der Waals surface area contributed by atoms with Gasteiger partial charge in [-0.1, -0.05) is 42.1 Å². The summed E-state index contributed by atoms with van der Waals surface area (Å²) in [5, 5.41) is 13.3. The zero-order chi connectivity index (χ0) is 21.5. The minimum Gasteiger partial charge on any atom is -0.338 e. The molecule has 30 heavy (non-hydrogen) atoms. The van der Waals surface area contributed by atoms with Gasteiger partial charge < -0.3 is 5.32 Å². The molecule has 2 N–H and O–H groups in total. The van der Waals surface area contributed by atoms with E-state index in [0.29, 0.717) is 29.6 Å². The number of nitrogens with one attached hydrogen (secondary N) is 2. The van der Waals surface area contributed by atoms with E-state index in [1.807, 2.05) is 34.9 Å². The number of benzene rings is 2. The van der Waals surface area contributed by atoms with Crippen LogP contribution in [0.15, 0.2) is 59.8 Å². The molecule has 0 saturated heterocycles. The molecule has 2 aromatic carbocycles. The van der Waals surface area contributed by atoms with Crippen molar-refractivity contribution in [2.45, 2.75) is 30.8 Å². The van der Waals surface area contributed by atoms with Crippen LogP contribution in [0, 0.1) is 5.82 Å². The van der Waals surface area contributed by atoms with Crippen LogP contribution in [-0.4, -0.2) is 38.5 Å². The number of urea groups is 1. The first-order valence-corrected chi connectivity index (χ1v) is 10.3. The zero-order valence-electron chi connectivity index (χ0n) is 16.6. The van der Waals surface area contributed by atoms with Gasteiger partial charge in [-0.25, -0.2) is 9.18 Å². The number of rotatable bonds is 7. The van der Waals surface area contributed by atoms with E-state index in [1.54, 1.807) is 26.0 Å². The Kier molecular flexibility index (Phi) is 7.18. The number of aromatic nitrogens is 3. The number of nitrogens with zero attached hydrogens (tertiary/aromatic N) is 3. The molecule has 0 fully saturated rings. The van der Waals surface area contributed by atoms with Gasteiger partial charge in [0, 0.05) is 12.1 Å². The smallest absolute Gasteiger partial charge is 0.321 e. The van der Waals surface area contributed by atoms with Crippen LogP contribution in [0.1, 0.15) is 19.4 Å². The normalized spacial score (nSPS) is 11.7. The van der Waals surface area contributed by atoms with Crippen LogP contribution in [0.2, 0.25) is 0 Å². The van der Waals surface area contributed by atoms with Gasteiger partial charge in [0.1, 0.15) is 5.82 Å². The van der Waals surface area contributed by atoms with Crippen molar-refractivity contribution in [1.82, 2.24) is 25.4 Å². The molecule has 156 valence electrons. The van der Waals surface area contributed by atoms with Crippen LogP contribution in [0.5, 0.6) is 0 Å². The summed E-state index contributed by atoms with van der Waals surface area (Å²) in [6.07, 6.45) is 0. The monoisotopic (exact) mass is 427 g/mol. The van der Waals surface area contributed by atoms with Crippen LogP contribution in [0.4, 0.5) is 9.18 Å². The van der Waals surface area contributed by atoms with E-state index in [0.717, 1.165) is 5.56 Å². The molecule has 3 rings (SSSR count). The third-order valence-electron chi connectivity index (χ3n) is 4.23. The van der Waals surface area contributed by atoms with Gasteiger partial charge in [-0.15, -0.1) is 10.2 Å². The summed E-state index contributed by atoms with van der Waals surface area (Å²) in [7, 11) is 0. The highest BCUT2D eigenvalue weighted by atomic mass is 32.2. The quantitative estimate of drug-likeness (QED) is 0.564. The number of hydrogen-bond acceptors (Lipinski definition) is 5. The second kappa shape index (κ2) is 10.0. The number of halogens is 1. The van der Waals surface area contributed by atoms with Gasteiger partial charge >= 0.3 is 6.03 Å². The fourth-order valence-corrected chi connectivity index (χ4v) is 3.58. The molecule has 0 aliphatic carbocycles. The summed E-state index contributed by atoms with van der Waals surface area (Å²) in [5.41, 5.74) is 1.74. The van der Waals surface area contributed by atoms with Crippen molar-refractivity contribution in [3.05, 3.63) is 66.0 Å². The van der Waals surface area contributed by atoms with Crippen LogP contribution in [0.25, 0.3) is 11.4 Å². The van der Waals surface area contributed by atoms with Crippen molar-refractivity contribution in [3.8, 4) is 11.4 Å². The first-order chi connectivity index (χ1) is 14.5. The third kappa shape index (κ3) is 5.44. The van der Waals surface area contributed by atoms with E-state index in [-0.39, 0.29) is 5.82 Å². The SMILES string of the molecule is CCNC(=O)NC(=O)C(C)Sc1nnc(-c2ccc(F)cc2)n1Cc1ccccc1. The highest BCUT2D eigenvalue weighted by Gasteiger charge is 2.22. The Hall–Kier alpha value is -3.20. The van der Waals surface area contributed by atoms with Gasteiger partial charge in [0.25, 0.3) is 0 Å². The van der Waals surface area contributed by atoms with Crippen LogP contribution >= 0.6 is 11.8 Å². The number of carbonyl (C=O) groups is 2. The lowest BCUT2D eigenvalue weighted by atomic mass is 10.2. The molecule has 0 bridgehead atoms. The average molecular weight is 428 g/mol. The van der Waals surface area contributed by atoms with Crippen molar-refractivity contribution in [2.24, 2.45) is 0 Å². The van der Waals surface area contributed by atoms with E-state index in [9.17, 15) is 14.0 Å². The molecule has 1 atom stereocenters. The van der Waals surface area contributed by atoms with Crippen LogP contribution in [0.3, 0.4) is 0 Å². The molecule has 7 nitrogen and oxygen atoms in total. The molecule has 0 spiro atoms. The molecule has 3 aromatic rings. The minimum atomic E-state index is -0.576. The molecule has 0 aliphatic rings. The topological polar surface area (TPSA) is 88.9 Å². The van der Waals surface area contributed by atoms with E-state index in [1.165, 1.54) is 23.9 Å². The fourth-order valence-electron chi connectivity index (χ4n) is 2.73.